The van der Waals surface area contributed by atoms with E-state index in [1.165, 1.54) is 6.20 Å². The summed E-state index contributed by atoms with van der Waals surface area (Å²) in [5.41, 5.74) is 5.10. The highest BCUT2D eigenvalue weighted by Crippen LogP contribution is 1.86. The highest BCUT2D eigenvalue weighted by atomic mass is 16.1. The minimum Gasteiger partial charge on any atom is -0.381 e. The molecule has 1 aromatic rings. The molecule has 0 unspecified atom stereocenters. The van der Waals surface area contributed by atoms with Gasteiger partial charge in [-0.2, -0.15) is 4.68 Å². The first kappa shape index (κ1) is 4.76. The molecule has 0 saturated heterocycles. The number of nitrogens with two attached hydrogens (primary N) is 1. The standard InChI is InChI=1S/C3H4N4O/c4-3-1-7(2-8)6-5-3/h1-2H,4H2. The summed E-state index contributed by atoms with van der Waals surface area (Å²) in [6.07, 6.45) is 1.84. The summed E-state index contributed by atoms with van der Waals surface area (Å²) in [5, 5.41) is 6.65. The molecule has 8 heavy (non-hydrogen) atoms. The highest BCUT2D eigenvalue weighted by molar-refractivity contribution is 5.51. The van der Waals surface area contributed by atoms with Crippen LogP contribution in [0.1, 0.15) is 0 Å². The van der Waals surface area contributed by atoms with Crippen LogP contribution >= 0.6 is 0 Å². The first-order valence-corrected chi connectivity index (χ1v) is 1.95. The van der Waals surface area contributed by atoms with Gasteiger partial charge >= 0.3 is 0 Å². The summed E-state index contributed by atoms with van der Waals surface area (Å²) in [5.74, 6) is 0.247. The van der Waals surface area contributed by atoms with Crippen LogP contribution in [0.15, 0.2) is 6.20 Å². The lowest BCUT2D eigenvalue weighted by Crippen LogP contribution is -1.93. The molecule has 0 amide bonds. The Bertz CT molecular complexity index is 193. The van der Waals surface area contributed by atoms with Crippen LogP contribution < -0.4 is 5.73 Å². The van der Waals surface area contributed by atoms with Gasteiger partial charge in [-0.25, -0.2) is 0 Å². The molecule has 0 bridgehead atoms. The Balaban J connectivity index is 3.00. The summed E-state index contributed by atoms with van der Waals surface area (Å²) in [7, 11) is 0. The van der Waals surface area contributed by atoms with Crippen LogP contribution in [0.25, 0.3) is 0 Å². The van der Waals surface area contributed by atoms with Crippen molar-refractivity contribution in [2.24, 2.45) is 0 Å². The zero-order valence-electron chi connectivity index (χ0n) is 3.98. The van der Waals surface area contributed by atoms with E-state index in [0.717, 1.165) is 4.68 Å². The van der Waals surface area contributed by atoms with Gasteiger partial charge in [0.1, 0.15) is 0 Å². The van der Waals surface area contributed by atoms with E-state index < -0.39 is 0 Å². The fourth-order valence-corrected chi connectivity index (χ4v) is 0.342. The monoisotopic (exact) mass is 112 g/mol. The molecule has 1 aromatic heterocycles. The molecule has 5 heteroatoms. The van der Waals surface area contributed by atoms with Gasteiger partial charge in [-0.15, -0.1) is 5.10 Å². The van der Waals surface area contributed by atoms with Crippen molar-refractivity contribution in [2.75, 3.05) is 5.73 Å². The van der Waals surface area contributed by atoms with Crippen LogP contribution in [0.5, 0.6) is 0 Å². The largest absolute Gasteiger partial charge is 0.381 e. The Morgan fingerprint density at radius 1 is 1.88 bits per heavy atom. The number of nitrogen functional groups attached to an aromatic ring is 1. The number of hydrogen-bond acceptors (Lipinski definition) is 4. The molecule has 0 aromatic carbocycles. The van der Waals surface area contributed by atoms with Gasteiger partial charge in [0.25, 0.3) is 0 Å². The molecule has 0 fully saturated rings. The third-order valence-electron chi connectivity index (χ3n) is 0.636. The Hall–Kier alpha value is -1.39. The molecule has 0 saturated carbocycles. The van der Waals surface area contributed by atoms with Crippen LogP contribution in [-0.2, 0) is 4.79 Å². The summed E-state index contributed by atoms with van der Waals surface area (Å²) in [6, 6.07) is 0. The predicted octanol–water partition coefficient (Wildman–Crippen LogP) is -1.10. The third-order valence-corrected chi connectivity index (χ3v) is 0.636. The zero-order valence-corrected chi connectivity index (χ0v) is 3.98. The number of anilines is 1. The van der Waals surface area contributed by atoms with E-state index in [1.807, 2.05) is 0 Å². The van der Waals surface area contributed by atoms with Crippen molar-refractivity contribution in [3.05, 3.63) is 6.20 Å². The van der Waals surface area contributed by atoms with E-state index in [0.29, 0.717) is 6.41 Å². The first-order valence-electron chi connectivity index (χ1n) is 1.95. The number of hydrogen-bond donors (Lipinski definition) is 1. The molecular weight excluding hydrogens is 108 g/mol. The molecule has 1 heterocycles. The molecule has 0 aliphatic rings. The number of carbonyl (C=O) groups excluding carboxylic acids is 1. The van der Waals surface area contributed by atoms with Crippen LogP contribution in [-0.4, -0.2) is 21.4 Å². The highest BCUT2D eigenvalue weighted by Gasteiger charge is 1.89. The lowest BCUT2D eigenvalue weighted by molar-refractivity contribution is 0.538. The second-order valence-corrected chi connectivity index (χ2v) is 1.23. The van der Waals surface area contributed by atoms with Gasteiger partial charge in [-0.1, -0.05) is 5.21 Å². The van der Waals surface area contributed by atoms with E-state index in [9.17, 15) is 4.79 Å². The van der Waals surface area contributed by atoms with Gasteiger partial charge in [0.05, 0.1) is 6.20 Å². The third kappa shape index (κ3) is 0.651. The summed E-state index contributed by atoms with van der Waals surface area (Å²) in [4.78, 5) is 9.82. The van der Waals surface area contributed by atoms with Gasteiger partial charge in [-0.05, 0) is 0 Å². The van der Waals surface area contributed by atoms with E-state index in [1.54, 1.807) is 0 Å². The van der Waals surface area contributed by atoms with Gasteiger partial charge in [0, 0.05) is 0 Å². The minimum absolute atomic E-state index is 0.247. The van der Waals surface area contributed by atoms with Crippen LogP contribution in [0.4, 0.5) is 5.82 Å². The number of nitrogens with zero attached hydrogens (tertiary/aromatic N) is 3. The Kier molecular flexibility index (Phi) is 0.957. The van der Waals surface area contributed by atoms with Crippen LogP contribution in [0.2, 0.25) is 0 Å². The maximum atomic E-state index is 9.82. The smallest absolute Gasteiger partial charge is 0.235 e. The molecule has 5 nitrogen and oxygen atoms in total. The number of aromatic nitrogens is 3. The van der Waals surface area contributed by atoms with Gasteiger partial charge in [0.2, 0.25) is 6.41 Å². The van der Waals surface area contributed by atoms with Crippen molar-refractivity contribution >= 4 is 12.2 Å². The second-order valence-electron chi connectivity index (χ2n) is 1.23. The SMILES string of the molecule is Nc1cn(C=O)nn1. The molecule has 1 rings (SSSR count). The topological polar surface area (TPSA) is 73.8 Å². The minimum atomic E-state index is 0.247. The summed E-state index contributed by atoms with van der Waals surface area (Å²) in [6.45, 7) is 0. The van der Waals surface area contributed by atoms with Crippen molar-refractivity contribution in [3.63, 3.8) is 0 Å². The predicted molar refractivity (Wildman–Crippen MR) is 26.6 cm³/mol. The fourth-order valence-electron chi connectivity index (χ4n) is 0.342. The fraction of sp³-hybridized carbons (Fsp3) is 0. The van der Waals surface area contributed by atoms with Gasteiger partial charge in [-0.3, -0.25) is 4.79 Å². The van der Waals surface area contributed by atoms with Crippen molar-refractivity contribution < 1.29 is 4.79 Å². The number of carbonyl (C=O) groups is 1. The molecule has 2 N–H and O–H groups in total. The Morgan fingerprint density at radius 3 is 2.88 bits per heavy atom. The number of rotatable bonds is 1. The van der Waals surface area contributed by atoms with Gasteiger partial charge in [0.15, 0.2) is 5.82 Å². The molecule has 42 valence electrons. The lowest BCUT2D eigenvalue weighted by atomic mass is 10.8. The van der Waals surface area contributed by atoms with E-state index in [2.05, 4.69) is 10.3 Å². The lowest BCUT2D eigenvalue weighted by Gasteiger charge is -1.74. The zero-order chi connectivity index (χ0) is 5.98. The Labute approximate surface area is 45.1 Å². The van der Waals surface area contributed by atoms with Crippen molar-refractivity contribution in [3.8, 4) is 0 Å². The Morgan fingerprint density at radius 2 is 2.62 bits per heavy atom. The quantitative estimate of drug-likeness (QED) is 0.468. The average Bonchev–Trinajstić information content (AvgIpc) is 2.14. The molecule has 0 spiro atoms. The maximum Gasteiger partial charge on any atom is 0.235 e. The second kappa shape index (κ2) is 1.61. The molecular formula is C3H4N4O. The van der Waals surface area contributed by atoms with Crippen molar-refractivity contribution in [1.29, 1.82) is 0 Å². The normalized spacial score (nSPS) is 9.00. The van der Waals surface area contributed by atoms with Crippen molar-refractivity contribution in [1.82, 2.24) is 15.0 Å². The summed E-state index contributed by atoms with van der Waals surface area (Å²) >= 11 is 0. The molecule has 0 radical (unpaired) electrons. The van der Waals surface area contributed by atoms with E-state index in [4.69, 9.17) is 5.73 Å². The molecule has 0 aliphatic carbocycles. The van der Waals surface area contributed by atoms with E-state index >= 15 is 0 Å². The average molecular weight is 112 g/mol. The molecule has 0 aliphatic heterocycles. The van der Waals surface area contributed by atoms with Crippen molar-refractivity contribution in [2.45, 2.75) is 0 Å². The summed E-state index contributed by atoms with van der Waals surface area (Å²) < 4.78 is 0.995. The van der Waals surface area contributed by atoms with Crippen LogP contribution in [0.3, 0.4) is 0 Å². The first-order chi connectivity index (χ1) is 3.83. The van der Waals surface area contributed by atoms with Gasteiger partial charge < -0.3 is 5.73 Å². The van der Waals surface area contributed by atoms with Crippen LogP contribution in [0, 0.1) is 0 Å². The maximum absolute atomic E-state index is 9.82. The molecule has 0 atom stereocenters. The van der Waals surface area contributed by atoms with E-state index in [-0.39, 0.29) is 5.82 Å².